The fourth-order valence-electron chi connectivity index (χ4n) is 0.239. The molecule has 7 heavy (non-hydrogen) atoms. The molecule has 0 radical (unpaired) electrons. The fourth-order valence-corrected chi connectivity index (χ4v) is 0.239. The summed E-state index contributed by atoms with van der Waals surface area (Å²) in [5, 5.41) is 0. The van der Waals surface area contributed by atoms with Crippen molar-refractivity contribution in [3.63, 3.8) is 0 Å². The summed E-state index contributed by atoms with van der Waals surface area (Å²) in [4.78, 5) is 11.5. The summed E-state index contributed by atoms with van der Waals surface area (Å²) in [6, 6.07) is 0. The highest BCUT2D eigenvalue weighted by Gasteiger charge is 2.05. The monoisotopic (exact) mass is 108 g/mol. The van der Waals surface area contributed by atoms with E-state index in [1.165, 1.54) is 0 Å². The zero-order valence-corrected chi connectivity index (χ0v) is 3.41. The lowest BCUT2D eigenvalue weighted by molar-refractivity contribution is -0.120. The highest BCUT2D eigenvalue weighted by Crippen LogP contribution is 2.12. The highest BCUT2D eigenvalue weighted by molar-refractivity contribution is 5.78. The molecule has 0 aliphatic heterocycles. The summed E-state index contributed by atoms with van der Waals surface area (Å²) in [5.41, 5.74) is 0. The quantitative estimate of drug-likeness (QED) is 0.460. The van der Waals surface area contributed by atoms with Crippen molar-refractivity contribution >= 4 is 5.78 Å². The Morgan fingerprint density at radius 1 is 1.29 bits per heavy atom. The Kier molecular flexibility index (Phi) is 0.232. The molecule has 0 spiro atoms. The third kappa shape index (κ3) is 1.30. The maximum atomic E-state index is 11.5. The Balaban J connectivity index is 3.62. The highest BCUT2D eigenvalue weighted by atomic mass is 16.1. The second kappa shape index (κ2) is 2.10. The maximum Gasteiger partial charge on any atom is 0.132 e. The van der Waals surface area contributed by atoms with Gasteiger partial charge in [0.05, 0.1) is 0 Å². The van der Waals surface area contributed by atoms with Gasteiger partial charge in [-0.3, -0.25) is 4.79 Å². The van der Waals surface area contributed by atoms with Gasteiger partial charge in [0.1, 0.15) is 5.78 Å². The molecule has 1 rings (SSSR count). The van der Waals surface area contributed by atoms with Crippen LogP contribution in [-0.2, 0) is 4.79 Å². The van der Waals surface area contributed by atoms with Gasteiger partial charge in [0.15, 0.2) is 0 Å². The average Bonchev–Trinajstić information content (AvgIpc) is 2.13. The predicted molar refractivity (Wildman–Crippen MR) is 28.1 cm³/mol. The molecule has 0 bridgehead atoms. The number of rotatable bonds is 0. The molecule has 0 N–H and O–H groups in total. The van der Waals surface area contributed by atoms with Crippen LogP contribution in [0.25, 0.3) is 0 Å². The van der Waals surface area contributed by atoms with E-state index in [4.69, 9.17) is 13.7 Å². The number of carbonyl (C=O) groups excluding carboxylic acids is 1. The second-order valence-electron chi connectivity index (χ2n) is 0.954. The molecule has 1 aliphatic rings. The van der Waals surface area contributed by atoms with E-state index in [-0.39, 0.29) is 0 Å². The van der Waals surface area contributed by atoms with Gasteiger partial charge in [-0.25, -0.2) is 0 Å². The third-order valence-electron chi connectivity index (χ3n) is 0.477. The van der Waals surface area contributed by atoms with Gasteiger partial charge >= 0.3 is 0 Å². The first-order valence-corrected chi connectivity index (χ1v) is 1.70. The van der Waals surface area contributed by atoms with E-state index >= 15 is 0 Å². The molecule has 1 saturated carbocycles. The van der Waals surface area contributed by atoms with E-state index in [1.807, 2.05) is 0 Å². The molecule has 40 valence electrons. The molecular weight excluding hydrogens is 88.1 g/mol. The van der Waals surface area contributed by atoms with E-state index in [9.17, 15) is 4.79 Å². The minimum atomic E-state index is -3.49. The van der Waals surface area contributed by atoms with Crippen molar-refractivity contribution < 1.29 is 18.5 Å². The van der Waals surface area contributed by atoms with Gasteiger partial charge in [-0.2, -0.15) is 0 Å². The van der Waals surface area contributed by atoms with Gasteiger partial charge in [-0.1, -0.05) is 6.37 Å². The first-order chi connectivity index (χ1) is 7.15. The van der Waals surface area contributed by atoms with Crippen LogP contribution in [-0.4, -0.2) is 5.78 Å². The SMILES string of the molecule is [2H]C1([2H])C(=O)C([2H])([2H])C([2H])([2H])C([2H])([2H])C1([2H])[2H]. The van der Waals surface area contributed by atoms with Crippen molar-refractivity contribution in [2.45, 2.75) is 31.9 Å². The molecule has 0 unspecified atom stereocenters. The molecular formula is C6H10O. The molecule has 0 atom stereocenters. The zero-order valence-electron chi connectivity index (χ0n) is 13.4. The molecule has 1 heteroatoms. The minimum absolute atomic E-state index is 1.92. The Morgan fingerprint density at radius 2 is 1.86 bits per heavy atom. The molecule has 0 amide bonds. The van der Waals surface area contributed by atoms with Crippen LogP contribution in [0, 0.1) is 0 Å². The summed E-state index contributed by atoms with van der Waals surface area (Å²) in [6.45, 7) is 0. The van der Waals surface area contributed by atoms with E-state index in [0.29, 0.717) is 0 Å². The van der Waals surface area contributed by atoms with E-state index in [2.05, 4.69) is 0 Å². The topological polar surface area (TPSA) is 17.1 Å². The number of carbonyl (C=O) groups is 1. The van der Waals surface area contributed by atoms with Gasteiger partial charge < -0.3 is 0 Å². The van der Waals surface area contributed by atoms with Crippen LogP contribution >= 0.6 is 0 Å². The van der Waals surface area contributed by atoms with Crippen molar-refractivity contribution in [3.05, 3.63) is 0 Å². The fraction of sp³-hybridized carbons (Fsp3) is 0.833. The molecule has 1 aliphatic carbocycles. The smallest absolute Gasteiger partial charge is 0.132 e. The molecule has 0 heterocycles. The van der Waals surface area contributed by atoms with Crippen LogP contribution in [0.3, 0.4) is 0 Å². The van der Waals surface area contributed by atoms with Crippen LogP contribution in [0.1, 0.15) is 45.6 Å². The van der Waals surface area contributed by atoms with Crippen LogP contribution in [0.15, 0.2) is 0 Å². The number of hydrogen-bond donors (Lipinski definition) is 0. The normalized spacial score (nSPS) is 79.7. The Hall–Kier alpha value is -0.330. The maximum absolute atomic E-state index is 11.5. The van der Waals surface area contributed by atoms with Gasteiger partial charge in [0.25, 0.3) is 0 Å². The van der Waals surface area contributed by atoms with Crippen LogP contribution < -0.4 is 0 Å². The van der Waals surface area contributed by atoms with Crippen molar-refractivity contribution in [3.8, 4) is 0 Å². The summed E-state index contributed by atoms with van der Waals surface area (Å²) in [7, 11) is 0. The Labute approximate surface area is 57.8 Å². The zero-order chi connectivity index (χ0) is 14.1. The van der Waals surface area contributed by atoms with Crippen molar-refractivity contribution in [2.75, 3.05) is 0 Å². The number of ketones is 1. The minimum Gasteiger partial charge on any atom is -0.300 e. The molecule has 0 aromatic rings. The Bertz CT molecular complexity index is 337. The largest absolute Gasteiger partial charge is 0.300 e. The van der Waals surface area contributed by atoms with Gasteiger partial charge in [0, 0.05) is 26.5 Å². The number of hydrogen-bond acceptors (Lipinski definition) is 1. The molecule has 1 fully saturated rings. The second-order valence-corrected chi connectivity index (χ2v) is 0.954. The molecule has 0 saturated heterocycles. The number of Topliss-reactive ketones (excluding diaryl/α,β-unsaturated/α-hetero) is 1. The molecule has 1 nitrogen and oxygen atoms in total. The lowest BCUT2D eigenvalue weighted by Gasteiger charge is -2.05. The third-order valence-corrected chi connectivity index (χ3v) is 0.477. The summed E-state index contributed by atoms with van der Waals surface area (Å²) >= 11 is 0. The van der Waals surface area contributed by atoms with Gasteiger partial charge in [-0.15, -0.1) is 0 Å². The summed E-state index contributed by atoms with van der Waals surface area (Å²) in [6.07, 6.45) is -17.3. The molecule has 0 aromatic heterocycles. The van der Waals surface area contributed by atoms with Gasteiger partial charge in [0.2, 0.25) is 0 Å². The van der Waals surface area contributed by atoms with Crippen LogP contribution in [0.5, 0.6) is 0 Å². The van der Waals surface area contributed by atoms with Crippen LogP contribution in [0.4, 0.5) is 0 Å². The summed E-state index contributed by atoms with van der Waals surface area (Å²) in [5.74, 6) is -1.92. The van der Waals surface area contributed by atoms with Crippen molar-refractivity contribution in [2.24, 2.45) is 0 Å². The molecule has 0 aromatic carbocycles. The first-order valence-electron chi connectivity index (χ1n) is 6.70. The van der Waals surface area contributed by atoms with Crippen LogP contribution in [0.2, 0.25) is 0 Å². The Morgan fingerprint density at radius 3 is 2.43 bits per heavy atom. The van der Waals surface area contributed by atoms with Crippen molar-refractivity contribution in [1.29, 1.82) is 0 Å². The predicted octanol–water partition coefficient (Wildman–Crippen LogP) is 1.52. The van der Waals surface area contributed by atoms with Gasteiger partial charge in [-0.05, 0) is 12.7 Å². The van der Waals surface area contributed by atoms with Crippen molar-refractivity contribution in [1.82, 2.24) is 0 Å². The lowest BCUT2D eigenvalue weighted by atomic mass is 10.00. The van der Waals surface area contributed by atoms with E-state index in [0.717, 1.165) is 0 Å². The van der Waals surface area contributed by atoms with E-state index in [1.54, 1.807) is 0 Å². The lowest BCUT2D eigenvalue weighted by Crippen LogP contribution is -2.02. The summed E-state index contributed by atoms with van der Waals surface area (Å²) < 4.78 is 72.6. The average molecular weight is 108 g/mol. The standard InChI is InChI=1S/C6H10O/c7-6-4-2-1-3-5-6/h1-5H2/i1D2,2D2,3D2,4D2,5D2. The van der Waals surface area contributed by atoms with E-state index < -0.39 is 37.6 Å². The first kappa shape index (κ1) is 0.772.